The molecule has 6 heteroatoms. The lowest BCUT2D eigenvalue weighted by atomic mass is 10.1. The number of halogens is 2. The molecule has 0 aliphatic carbocycles. The average molecular weight is 337 g/mol. The predicted octanol–water partition coefficient (Wildman–Crippen LogP) is 3.95. The van der Waals surface area contributed by atoms with Crippen LogP contribution in [0.1, 0.15) is 20.7 Å². The number of rotatable bonds is 3. The van der Waals surface area contributed by atoms with E-state index < -0.39 is 0 Å². The minimum Gasteiger partial charge on any atom is -0.345 e. The van der Waals surface area contributed by atoms with E-state index in [0.29, 0.717) is 26.9 Å². The lowest BCUT2D eigenvalue weighted by Crippen LogP contribution is -2.22. The number of nitrogens with one attached hydrogen (secondary N) is 1. The summed E-state index contributed by atoms with van der Waals surface area (Å²) in [6, 6.07) is 11.4. The van der Waals surface area contributed by atoms with Crippen LogP contribution >= 0.6 is 23.2 Å². The maximum Gasteiger partial charge on any atom is 0.257 e. The third kappa shape index (κ3) is 3.59. The van der Waals surface area contributed by atoms with Crippen LogP contribution in [-0.4, -0.2) is 30.8 Å². The van der Waals surface area contributed by atoms with Crippen molar-refractivity contribution in [3.8, 4) is 0 Å². The van der Waals surface area contributed by atoms with Gasteiger partial charge in [0.2, 0.25) is 0 Å². The molecule has 0 aliphatic rings. The van der Waals surface area contributed by atoms with Crippen molar-refractivity contribution < 1.29 is 9.59 Å². The van der Waals surface area contributed by atoms with Gasteiger partial charge in [-0.3, -0.25) is 9.59 Å². The quantitative estimate of drug-likeness (QED) is 0.922. The molecule has 4 nitrogen and oxygen atoms in total. The van der Waals surface area contributed by atoms with E-state index in [0.717, 1.165) is 0 Å². The highest BCUT2D eigenvalue weighted by Crippen LogP contribution is 2.25. The molecule has 2 aromatic carbocycles. The van der Waals surface area contributed by atoms with Crippen molar-refractivity contribution in [3.05, 3.63) is 63.6 Å². The van der Waals surface area contributed by atoms with Gasteiger partial charge in [-0.2, -0.15) is 0 Å². The minimum absolute atomic E-state index is 0.176. The van der Waals surface area contributed by atoms with E-state index in [2.05, 4.69) is 5.32 Å². The zero-order valence-electron chi connectivity index (χ0n) is 12.1. The largest absolute Gasteiger partial charge is 0.345 e. The van der Waals surface area contributed by atoms with Gasteiger partial charge in [0.15, 0.2) is 0 Å². The fourth-order valence-corrected chi connectivity index (χ4v) is 2.23. The number of hydrogen-bond acceptors (Lipinski definition) is 2. The summed E-state index contributed by atoms with van der Waals surface area (Å²) in [5.74, 6) is -0.563. The number of benzene rings is 2. The number of nitrogens with zero attached hydrogens (tertiary/aromatic N) is 1. The maximum absolute atomic E-state index is 12.3. The SMILES string of the molecule is CN(C)C(=O)c1ccc(Cl)c(NC(=O)c2ccccc2Cl)c1. The molecule has 0 radical (unpaired) electrons. The first kappa shape index (κ1) is 16.3. The molecule has 0 saturated heterocycles. The number of anilines is 1. The van der Waals surface area contributed by atoms with Crippen molar-refractivity contribution in [2.24, 2.45) is 0 Å². The maximum atomic E-state index is 12.3. The molecule has 22 heavy (non-hydrogen) atoms. The molecule has 0 heterocycles. The predicted molar refractivity (Wildman–Crippen MR) is 88.9 cm³/mol. The van der Waals surface area contributed by atoms with Gasteiger partial charge in [-0.05, 0) is 30.3 Å². The summed E-state index contributed by atoms with van der Waals surface area (Å²) >= 11 is 12.1. The molecular weight excluding hydrogens is 323 g/mol. The Labute approximate surface area is 138 Å². The molecule has 0 atom stereocenters. The first-order chi connectivity index (χ1) is 10.4. The van der Waals surface area contributed by atoms with Crippen LogP contribution in [0.3, 0.4) is 0 Å². The van der Waals surface area contributed by atoms with Crippen molar-refractivity contribution in [2.45, 2.75) is 0 Å². The molecule has 2 rings (SSSR count). The van der Waals surface area contributed by atoms with Gasteiger partial charge in [0, 0.05) is 19.7 Å². The van der Waals surface area contributed by atoms with E-state index in [1.807, 2.05) is 0 Å². The first-order valence-electron chi connectivity index (χ1n) is 6.47. The van der Waals surface area contributed by atoms with Crippen molar-refractivity contribution in [1.82, 2.24) is 4.90 Å². The summed E-state index contributed by atoms with van der Waals surface area (Å²) in [5.41, 5.74) is 1.13. The number of carbonyl (C=O) groups is 2. The van der Waals surface area contributed by atoms with Crippen molar-refractivity contribution in [2.75, 3.05) is 19.4 Å². The molecule has 0 bridgehead atoms. The molecule has 0 unspecified atom stereocenters. The van der Waals surface area contributed by atoms with Gasteiger partial charge < -0.3 is 10.2 Å². The van der Waals surface area contributed by atoms with E-state index in [4.69, 9.17) is 23.2 Å². The molecule has 2 amide bonds. The summed E-state index contributed by atoms with van der Waals surface area (Å²) in [4.78, 5) is 25.7. The summed E-state index contributed by atoms with van der Waals surface area (Å²) in [6.07, 6.45) is 0. The summed E-state index contributed by atoms with van der Waals surface area (Å²) in [6.45, 7) is 0. The topological polar surface area (TPSA) is 49.4 Å². The Balaban J connectivity index is 2.30. The second kappa shape index (κ2) is 6.81. The highest BCUT2D eigenvalue weighted by Gasteiger charge is 2.14. The van der Waals surface area contributed by atoms with Crippen molar-refractivity contribution in [3.63, 3.8) is 0 Å². The number of hydrogen-bond donors (Lipinski definition) is 1. The van der Waals surface area contributed by atoms with Crippen LogP contribution in [0.4, 0.5) is 5.69 Å². The summed E-state index contributed by atoms with van der Waals surface area (Å²) in [5, 5.41) is 3.36. The second-order valence-corrected chi connectivity index (χ2v) is 5.64. The van der Waals surface area contributed by atoms with E-state index in [-0.39, 0.29) is 11.8 Å². The zero-order valence-corrected chi connectivity index (χ0v) is 13.6. The summed E-state index contributed by atoms with van der Waals surface area (Å²) in [7, 11) is 3.30. The number of carbonyl (C=O) groups excluding carboxylic acids is 2. The molecule has 114 valence electrons. The molecule has 0 aliphatic heterocycles. The Morgan fingerprint density at radius 1 is 1.00 bits per heavy atom. The van der Waals surface area contributed by atoms with E-state index >= 15 is 0 Å². The highest BCUT2D eigenvalue weighted by molar-refractivity contribution is 6.36. The Morgan fingerprint density at radius 2 is 1.68 bits per heavy atom. The van der Waals surface area contributed by atoms with Crippen LogP contribution in [-0.2, 0) is 0 Å². The second-order valence-electron chi connectivity index (χ2n) is 4.83. The molecule has 0 fully saturated rings. The van der Waals surface area contributed by atoms with Crippen LogP contribution in [0.15, 0.2) is 42.5 Å². The van der Waals surface area contributed by atoms with E-state index in [1.165, 1.54) is 4.90 Å². The van der Waals surface area contributed by atoms with E-state index in [1.54, 1.807) is 56.6 Å². The third-order valence-corrected chi connectivity index (χ3v) is 3.65. The molecular formula is C16H14Cl2N2O2. The van der Waals surface area contributed by atoms with Crippen LogP contribution in [0.25, 0.3) is 0 Å². The van der Waals surface area contributed by atoms with Crippen LogP contribution in [0.2, 0.25) is 10.0 Å². The van der Waals surface area contributed by atoms with Gasteiger partial charge in [-0.25, -0.2) is 0 Å². The molecule has 2 aromatic rings. The van der Waals surface area contributed by atoms with Crippen molar-refractivity contribution >= 4 is 40.7 Å². The first-order valence-corrected chi connectivity index (χ1v) is 7.23. The van der Waals surface area contributed by atoms with Gasteiger partial charge in [0.1, 0.15) is 0 Å². The van der Waals surface area contributed by atoms with Crippen LogP contribution < -0.4 is 5.32 Å². The Hall–Kier alpha value is -2.04. The zero-order chi connectivity index (χ0) is 16.3. The normalized spacial score (nSPS) is 10.2. The molecule has 1 N–H and O–H groups in total. The van der Waals surface area contributed by atoms with Crippen LogP contribution in [0.5, 0.6) is 0 Å². The fourth-order valence-electron chi connectivity index (χ4n) is 1.85. The van der Waals surface area contributed by atoms with Gasteiger partial charge in [0.05, 0.1) is 21.3 Å². The smallest absolute Gasteiger partial charge is 0.257 e. The van der Waals surface area contributed by atoms with Crippen LogP contribution in [0, 0.1) is 0 Å². The monoisotopic (exact) mass is 336 g/mol. The Morgan fingerprint density at radius 3 is 2.32 bits per heavy atom. The number of amides is 2. The molecule has 0 spiro atoms. The fraction of sp³-hybridized carbons (Fsp3) is 0.125. The average Bonchev–Trinajstić information content (AvgIpc) is 2.49. The molecule has 0 saturated carbocycles. The van der Waals surface area contributed by atoms with Gasteiger partial charge >= 0.3 is 0 Å². The van der Waals surface area contributed by atoms with E-state index in [9.17, 15) is 9.59 Å². The third-order valence-electron chi connectivity index (χ3n) is 2.99. The standard InChI is InChI=1S/C16H14Cl2N2O2/c1-20(2)16(22)10-7-8-13(18)14(9-10)19-15(21)11-5-3-4-6-12(11)17/h3-9H,1-2H3,(H,19,21). The minimum atomic E-state index is -0.387. The Kier molecular flexibility index (Phi) is 5.06. The lowest BCUT2D eigenvalue weighted by molar-refractivity contribution is 0.0827. The van der Waals surface area contributed by atoms with Gasteiger partial charge in [-0.15, -0.1) is 0 Å². The van der Waals surface area contributed by atoms with Gasteiger partial charge in [0.25, 0.3) is 11.8 Å². The Bertz CT molecular complexity index is 730. The van der Waals surface area contributed by atoms with Gasteiger partial charge in [-0.1, -0.05) is 35.3 Å². The molecule has 0 aromatic heterocycles. The van der Waals surface area contributed by atoms with Crippen molar-refractivity contribution in [1.29, 1.82) is 0 Å². The lowest BCUT2D eigenvalue weighted by Gasteiger charge is -2.13. The summed E-state index contributed by atoms with van der Waals surface area (Å²) < 4.78 is 0. The highest BCUT2D eigenvalue weighted by atomic mass is 35.5.